The monoisotopic (exact) mass is 562 g/mol. The highest BCUT2D eigenvalue weighted by Crippen LogP contribution is 2.35. The number of rotatable bonds is 6. The highest BCUT2D eigenvalue weighted by molar-refractivity contribution is 9.11. The van der Waals surface area contributed by atoms with Crippen LogP contribution >= 0.6 is 43.5 Å². The van der Waals surface area contributed by atoms with Crippen molar-refractivity contribution in [2.75, 3.05) is 5.32 Å². The van der Waals surface area contributed by atoms with Crippen LogP contribution in [0.25, 0.3) is 6.08 Å². The van der Waals surface area contributed by atoms with Crippen LogP contribution in [0.5, 0.6) is 5.75 Å². The normalized spacial score (nSPS) is 11.0. The molecule has 0 aromatic heterocycles. The molecule has 0 fully saturated rings. The number of carbonyl (C=O) groups is 1. The van der Waals surface area contributed by atoms with Crippen LogP contribution in [0.3, 0.4) is 0 Å². The number of nitriles is 1. The Balaban J connectivity index is 1.87. The Morgan fingerprint density at radius 3 is 2.45 bits per heavy atom. The number of hydrogen-bond acceptors (Lipinski definition) is 3. The van der Waals surface area contributed by atoms with Crippen LogP contribution < -0.4 is 10.1 Å². The second-order valence-electron chi connectivity index (χ2n) is 6.35. The van der Waals surface area contributed by atoms with Gasteiger partial charge in [-0.25, -0.2) is 4.39 Å². The number of hydrogen-bond donors (Lipinski definition) is 1. The fraction of sp³-hybridized carbons (Fsp3) is 0.0435. The molecule has 156 valence electrons. The zero-order chi connectivity index (χ0) is 22.4. The zero-order valence-electron chi connectivity index (χ0n) is 15.8. The van der Waals surface area contributed by atoms with E-state index >= 15 is 0 Å². The van der Waals surface area contributed by atoms with Crippen LogP contribution in [0.15, 0.2) is 75.2 Å². The Morgan fingerprint density at radius 2 is 1.81 bits per heavy atom. The van der Waals surface area contributed by atoms with Crippen molar-refractivity contribution in [3.63, 3.8) is 0 Å². The molecule has 0 aliphatic heterocycles. The van der Waals surface area contributed by atoms with E-state index in [4.69, 9.17) is 16.3 Å². The molecule has 0 bridgehead atoms. The lowest BCUT2D eigenvalue weighted by Gasteiger charge is -2.13. The third-order valence-corrected chi connectivity index (χ3v) is 5.40. The summed E-state index contributed by atoms with van der Waals surface area (Å²) in [7, 11) is 0. The Hall–Kier alpha value is -2.66. The van der Waals surface area contributed by atoms with E-state index in [-0.39, 0.29) is 12.2 Å². The summed E-state index contributed by atoms with van der Waals surface area (Å²) in [5, 5.41) is 12.7. The van der Waals surface area contributed by atoms with E-state index in [0.29, 0.717) is 26.5 Å². The number of amides is 1. The summed E-state index contributed by atoms with van der Waals surface area (Å²) in [6.07, 6.45) is 1.44. The number of anilines is 1. The van der Waals surface area contributed by atoms with Crippen molar-refractivity contribution in [2.24, 2.45) is 0 Å². The average molecular weight is 565 g/mol. The number of carbonyl (C=O) groups excluding carboxylic acids is 1. The first-order chi connectivity index (χ1) is 14.9. The maximum absolute atomic E-state index is 13.1. The molecule has 31 heavy (non-hydrogen) atoms. The zero-order valence-corrected chi connectivity index (χ0v) is 19.8. The van der Waals surface area contributed by atoms with E-state index in [1.54, 1.807) is 24.3 Å². The Morgan fingerprint density at radius 1 is 1.13 bits per heavy atom. The Bertz CT molecular complexity index is 1170. The summed E-state index contributed by atoms with van der Waals surface area (Å²) in [4.78, 5) is 12.6. The van der Waals surface area contributed by atoms with Crippen LogP contribution in [0.1, 0.15) is 11.1 Å². The maximum Gasteiger partial charge on any atom is 0.266 e. The molecule has 3 rings (SSSR count). The minimum Gasteiger partial charge on any atom is -0.487 e. The molecule has 0 aliphatic carbocycles. The molecule has 1 amide bonds. The summed E-state index contributed by atoms with van der Waals surface area (Å²) >= 11 is 12.8. The molecule has 3 aromatic carbocycles. The molecular formula is C23H14Br2ClFN2O2. The van der Waals surface area contributed by atoms with Crippen LogP contribution in [-0.2, 0) is 11.4 Å². The van der Waals surface area contributed by atoms with Gasteiger partial charge in [-0.05, 0) is 76.1 Å². The third-order valence-electron chi connectivity index (χ3n) is 4.10. The number of ether oxygens (including phenoxy) is 1. The summed E-state index contributed by atoms with van der Waals surface area (Å²) in [6.45, 7) is 0.266. The van der Waals surface area contributed by atoms with Gasteiger partial charge in [0.05, 0.1) is 4.47 Å². The summed E-state index contributed by atoms with van der Waals surface area (Å²) in [5.41, 5.74) is 1.68. The molecule has 0 atom stereocenters. The SMILES string of the molecule is N#C/C(=C\c1cc(Br)cc(Br)c1OCc1ccc(Cl)cc1)C(=O)Nc1ccc(F)cc1. The molecule has 8 heteroatoms. The fourth-order valence-electron chi connectivity index (χ4n) is 2.61. The fourth-order valence-corrected chi connectivity index (χ4v) is 4.11. The van der Waals surface area contributed by atoms with Gasteiger partial charge in [-0.2, -0.15) is 5.26 Å². The van der Waals surface area contributed by atoms with Crippen LogP contribution in [0.4, 0.5) is 10.1 Å². The molecule has 0 heterocycles. The highest BCUT2D eigenvalue weighted by Gasteiger charge is 2.14. The first-order valence-corrected chi connectivity index (χ1v) is 10.9. The van der Waals surface area contributed by atoms with E-state index in [0.717, 1.165) is 10.0 Å². The highest BCUT2D eigenvalue weighted by atomic mass is 79.9. The van der Waals surface area contributed by atoms with Gasteiger partial charge in [0.1, 0.15) is 29.8 Å². The minimum absolute atomic E-state index is 0.134. The van der Waals surface area contributed by atoms with Gasteiger partial charge in [-0.15, -0.1) is 0 Å². The smallest absolute Gasteiger partial charge is 0.266 e. The molecule has 3 aromatic rings. The van der Waals surface area contributed by atoms with Gasteiger partial charge >= 0.3 is 0 Å². The standard InChI is InChI=1S/C23H14Br2ClFN2O2/c24-17-10-15(9-16(12-28)23(30)29-20-7-5-19(27)6-8-20)22(21(25)11-17)31-13-14-1-3-18(26)4-2-14/h1-11H,13H2,(H,29,30)/b16-9+. The van der Waals surface area contributed by atoms with Crippen molar-refractivity contribution in [1.29, 1.82) is 5.26 Å². The third kappa shape index (κ3) is 6.41. The second-order valence-corrected chi connectivity index (χ2v) is 8.56. The van der Waals surface area contributed by atoms with Gasteiger partial charge in [0.15, 0.2) is 0 Å². The van der Waals surface area contributed by atoms with Gasteiger partial charge in [0.2, 0.25) is 0 Å². The quantitative estimate of drug-likeness (QED) is 0.256. The molecule has 0 spiro atoms. The number of benzene rings is 3. The molecule has 4 nitrogen and oxygen atoms in total. The molecule has 0 saturated carbocycles. The van der Waals surface area contributed by atoms with E-state index in [2.05, 4.69) is 37.2 Å². The van der Waals surface area contributed by atoms with E-state index in [1.807, 2.05) is 18.2 Å². The predicted octanol–water partition coefficient (Wildman–Crippen LogP) is 7.13. The molecule has 0 unspecified atom stereocenters. The molecule has 0 aliphatic rings. The first-order valence-electron chi connectivity index (χ1n) is 8.90. The van der Waals surface area contributed by atoms with Crippen LogP contribution in [0, 0.1) is 17.1 Å². The van der Waals surface area contributed by atoms with Crippen molar-refractivity contribution in [3.05, 3.63) is 97.1 Å². The Kier molecular flexibility index (Phi) is 7.85. The van der Waals surface area contributed by atoms with Crippen molar-refractivity contribution < 1.29 is 13.9 Å². The predicted molar refractivity (Wildman–Crippen MR) is 126 cm³/mol. The van der Waals surface area contributed by atoms with Gasteiger partial charge < -0.3 is 10.1 Å². The molecule has 0 radical (unpaired) electrons. The van der Waals surface area contributed by atoms with Gasteiger partial charge in [-0.3, -0.25) is 4.79 Å². The van der Waals surface area contributed by atoms with Gasteiger partial charge in [0, 0.05) is 20.7 Å². The second kappa shape index (κ2) is 10.6. The number of nitrogens with one attached hydrogen (secondary N) is 1. The molecule has 1 N–H and O–H groups in total. The minimum atomic E-state index is -0.617. The molecule has 0 saturated heterocycles. The van der Waals surface area contributed by atoms with E-state index < -0.39 is 11.7 Å². The van der Waals surface area contributed by atoms with Crippen molar-refractivity contribution in [2.45, 2.75) is 6.61 Å². The lowest BCUT2D eigenvalue weighted by molar-refractivity contribution is -0.112. The largest absolute Gasteiger partial charge is 0.487 e. The maximum atomic E-state index is 13.1. The lowest BCUT2D eigenvalue weighted by atomic mass is 10.1. The number of nitrogens with zero attached hydrogens (tertiary/aromatic N) is 1. The summed E-state index contributed by atoms with van der Waals surface area (Å²) < 4.78 is 20.4. The van der Waals surface area contributed by atoms with Crippen LogP contribution in [0.2, 0.25) is 5.02 Å². The summed E-state index contributed by atoms with van der Waals surface area (Å²) in [6, 6.07) is 18.0. The van der Waals surface area contributed by atoms with Crippen LogP contribution in [-0.4, -0.2) is 5.91 Å². The van der Waals surface area contributed by atoms with E-state index in [9.17, 15) is 14.4 Å². The summed E-state index contributed by atoms with van der Waals surface area (Å²) in [5.74, 6) is -0.565. The lowest BCUT2D eigenvalue weighted by Crippen LogP contribution is -2.13. The van der Waals surface area contributed by atoms with Crippen molar-refractivity contribution in [3.8, 4) is 11.8 Å². The molecular weight excluding hydrogens is 551 g/mol. The van der Waals surface area contributed by atoms with Gasteiger partial charge in [-0.1, -0.05) is 39.7 Å². The van der Waals surface area contributed by atoms with Crippen molar-refractivity contribution in [1.82, 2.24) is 0 Å². The first kappa shape index (κ1) is 23.0. The van der Waals surface area contributed by atoms with Crippen molar-refractivity contribution >= 4 is 61.1 Å². The van der Waals surface area contributed by atoms with E-state index in [1.165, 1.54) is 30.3 Å². The van der Waals surface area contributed by atoms with Gasteiger partial charge in [0.25, 0.3) is 5.91 Å². The topological polar surface area (TPSA) is 62.1 Å². The Labute approximate surface area is 200 Å². The average Bonchev–Trinajstić information content (AvgIpc) is 2.74. The number of halogens is 4.